The van der Waals surface area contributed by atoms with Crippen LogP contribution in [0.3, 0.4) is 0 Å². The molecular weight excluding hydrogens is 232 g/mol. The van der Waals surface area contributed by atoms with E-state index in [0.717, 1.165) is 5.56 Å². The number of carboxylic acids is 1. The third-order valence-electron chi connectivity index (χ3n) is 2.86. The SMILES string of the molecule is CC(C)c1ccc2c(CC(=O)O)cc(=O)oc2c1. The summed E-state index contributed by atoms with van der Waals surface area (Å²) in [5.41, 5.74) is 1.48. The molecule has 4 heteroatoms. The van der Waals surface area contributed by atoms with Crippen molar-refractivity contribution in [3.8, 4) is 0 Å². The molecule has 4 nitrogen and oxygen atoms in total. The molecule has 0 saturated heterocycles. The minimum Gasteiger partial charge on any atom is -0.481 e. The van der Waals surface area contributed by atoms with Crippen molar-refractivity contribution in [2.45, 2.75) is 26.2 Å². The number of fused-ring (bicyclic) bond motifs is 1. The van der Waals surface area contributed by atoms with E-state index in [1.54, 1.807) is 6.07 Å². The van der Waals surface area contributed by atoms with E-state index in [9.17, 15) is 9.59 Å². The smallest absolute Gasteiger partial charge is 0.336 e. The molecule has 0 fully saturated rings. The first-order valence-corrected chi connectivity index (χ1v) is 5.76. The molecule has 0 saturated carbocycles. The lowest BCUT2D eigenvalue weighted by molar-refractivity contribution is -0.136. The summed E-state index contributed by atoms with van der Waals surface area (Å²) in [6.45, 7) is 4.08. The molecule has 0 radical (unpaired) electrons. The Hall–Kier alpha value is -2.10. The van der Waals surface area contributed by atoms with E-state index in [1.807, 2.05) is 26.0 Å². The molecule has 0 unspecified atom stereocenters. The lowest BCUT2D eigenvalue weighted by atomic mass is 9.99. The second-order valence-electron chi connectivity index (χ2n) is 4.57. The van der Waals surface area contributed by atoms with Crippen LogP contribution in [-0.4, -0.2) is 11.1 Å². The highest BCUT2D eigenvalue weighted by atomic mass is 16.4. The van der Waals surface area contributed by atoms with Gasteiger partial charge in [-0.05, 0) is 23.1 Å². The van der Waals surface area contributed by atoms with Crippen molar-refractivity contribution in [1.29, 1.82) is 0 Å². The molecule has 0 aliphatic heterocycles. The average Bonchev–Trinajstić information content (AvgIpc) is 2.26. The van der Waals surface area contributed by atoms with E-state index in [2.05, 4.69) is 0 Å². The normalized spacial score (nSPS) is 11.1. The maximum absolute atomic E-state index is 11.4. The lowest BCUT2D eigenvalue weighted by Gasteiger charge is -2.08. The van der Waals surface area contributed by atoms with Gasteiger partial charge in [0, 0.05) is 11.5 Å². The number of hydrogen-bond acceptors (Lipinski definition) is 3. The zero-order chi connectivity index (χ0) is 13.3. The maximum atomic E-state index is 11.4. The Labute approximate surface area is 104 Å². The fourth-order valence-electron chi connectivity index (χ4n) is 1.91. The molecule has 2 aromatic rings. The van der Waals surface area contributed by atoms with Crippen molar-refractivity contribution < 1.29 is 14.3 Å². The fourth-order valence-corrected chi connectivity index (χ4v) is 1.91. The zero-order valence-electron chi connectivity index (χ0n) is 10.3. The van der Waals surface area contributed by atoms with Gasteiger partial charge in [0.15, 0.2) is 0 Å². The summed E-state index contributed by atoms with van der Waals surface area (Å²) < 4.78 is 5.13. The highest BCUT2D eigenvalue weighted by Gasteiger charge is 2.10. The molecule has 94 valence electrons. The zero-order valence-corrected chi connectivity index (χ0v) is 10.3. The average molecular weight is 246 g/mol. The van der Waals surface area contributed by atoms with E-state index in [4.69, 9.17) is 9.52 Å². The van der Waals surface area contributed by atoms with Crippen LogP contribution in [0.1, 0.15) is 30.9 Å². The summed E-state index contributed by atoms with van der Waals surface area (Å²) in [5, 5.41) is 9.51. The second-order valence-corrected chi connectivity index (χ2v) is 4.57. The van der Waals surface area contributed by atoms with Gasteiger partial charge >= 0.3 is 11.6 Å². The van der Waals surface area contributed by atoms with E-state index in [1.165, 1.54) is 6.07 Å². The molecule has 18 heavy (non-hydrogen) atoms. The molecule has 0 amide bonds. The van der Waals surface area contributed by atoms with Crippen LogP contribution in [0.5, 0.6) is 0 Å². The maximum Gasteiger partial charge on any atom is 0.336 e. The molecule has 0 aliphatic rings. The number of hydrogen-bond donors (Lipinski definition) is 1. The third kappa shape index (κ3) is 2.42. The van der Waals surface area contributed by atoms with Gasteiger partial charge in [0.1, 0.15) is 5.58 Å². The summed E-state index contributed by atoms with van der Waals surface area (Å²) in [6.07, 6.45) is -0.177. The Bertz CT molecular complexity index is 652. The summed E-state index contributed by atoms with van der Waals surface area (Å²) >= 11 is 0. The van der Waals surface area contributed by atoms with Gasteiger partial charge in [-0.1, -0.05) is 26.0 Å². The number of aliphatic carboxylic acids is 1. The van der Waals surface area contributed by atoms with Crippen LogP contribution in [0.15, 0.2) is 33.5 Å². The molecule has 0 bridgehead atoms. The highest BCUT2D eigenvalue weighted by molar-refractivity contribution is 5.85. The van der Waals surface area contributed by atoms with Gasteiger partial charge in [0.2, 0.25) is 0 Å². The lowest BCUT2D eigenvalue weighted by Crippen LogP contribution is -2.06. The number of carboxylic acid groups (broad SMARTS) is 1. The van der Waals surface area contributed by atoms with Crippen molar-refractivity contribution in [2.24, 2.45) is 0 Å². The quantitative estimate of drug-likeness (QED) is 0.845. The largest absolute Gasteiger partial charge is 0.481 e. The predicted octanol–water partition coefficient (Wildman–Crippen LogP) is 2.54. The summed E-state index contributed by atoms with van der Waals surface area (Å²) in [5.74, 6) is -0.641. The summed E-state index contributed by atoms with van der Waals surface area (Å²) in [7, 11) is 0. The van der Waals surface area contributed by atoms with Crippen molar-refractivity contribution >= 4 is 16.9 Å². The first-order valence-electron chi connectivity index (χ1n) is 5.76. The Morgan fingerprint density at radius 2 is 2.06 bits per heavy atom. The van der Waals surface area contributed by atoms with E-state index < -0.39 is 11.6 Å². The Balaban J connectivity index is 2.66. The second kappa shape index (κ2) is 4.64. The number of carbonyl (C=O) groups is 1. The Morgan fingerprint density at radius 1 is 1.33 bits per heavy atom. The molecule has 2 rings (SSSR count). The number of benzene rings is 1. The molecule has 1 N–H and O–H groups in total. The van der Waals surface area contributed by atoms with Crippen LogP contribution < -0.4 is 5.63 Å². The van der Waals surface area contributed by atoms with Crippen LogP contribution in [0.4, 0.5) is 0 Å². The first kappa shape index (κ1) is 12.4. The standard InChI is InChI=1S/C14H14O4/c1-8(2)9-3-4-11-10(6-13(15)16)7-14(17)18-12(11)5-9/h3-5,7-8H,6H2,1-2H3,(H,15,16). The molecule has 0 aliphatic carbocycles. The van der Waals surface area contributed by atoms with Crippen molar-refractivity contribution in [3.05, 3.63) is 45.8 Å². The van der Waals surface area contributed by atoms with Crippen LogP contribution in [0, 0.1) is 0 Å². The van der Waals surface area contributed by atoms with Gasteiger partial charge in [-0.2, -0.15) is 0 Å². The van der Waals surface area contributed by atoms with Gasteiger partial charge in [-0.3, -0.25) is 4.79 Å². The molecule has 0 spiro atoms. The van der Waals surface area contributed by atoms with Crippen molar-refractivity contribution in [3.63, 3.8) is 0 Å². The Kier molecular flexibility index (Phi) is 3.19. The van der Waals surface area contributed by atoms with Gasteiger partial charge in [-0.15, -0.1) is 0 Å². The summed E-state index contributed by atoms with van der Waals surface area (Å²) in [4.78, 5) is 22.2. The Morgan fingerprint density at radius 3 is 2.67 bits per heavy atom. The molecule has 1 aromatic carbocycles. The highest BCUT2D eigenvalue weighted by Crippen LogP contribution is 2.23. The monoisotopic (exact) mass is 246 g/mol. The van der Waals surface area contributed by atoms with Gasteiger partial charge in [0.05, 0.1) is 6.42 Å². The van der Waals surface area contributed by atoms with E-state index >= 15 is 0 Å². The predicted molar refractivity (Wildman–Crippen MR) is 67.9 cm³/mol. The van der Waals surface area contributed by atoms with Gasteiger partial charge in [0.25, 0.3) is 0 Å². The first-order chi connectivity index (χ1) is 8.47. The summed E-state index contributed by atoms with van der Waals surface area (Å²) in [6, 6.07) is 6.78. The molecule has 1 aromatic heterocycles. The van der Waals surface area contributed by atoms with Crippen LogP contribution >= 0.6 is 0 Å². The van der Waals surface area contributed by atoms with Gasteiger partial charge in [-0.25, -0.2) is 4.79 Å². The van der Waals surface area contributed by atoms with Crippen LogP contribution in [0.2, 0.25) is 0 Å². The topological polar surface area (TPSA) is 67.5 Å². The fraction of sp³-hybridized carbons (Fsp3) is 0.286. The van der Waals surface area contributed by atoms with Crippen molar-refractivity contribution in [2.75, 3.05) is 0 Å². The van der Waals surface area contributed by atoms with Crippen molar-refractivity contribution in [1.82, 2.24) is 0 Å². The van der Waals surface area contributed by atoms with E-state index in [0.29, 0.717) is 22.5 Å². The van der Waals surface area contributed by atoms with Crippen LogP contribution in [0.25, 0.3) is 11.0 Å². The van der Waals surface area contributed by atoms with E-state index in [-0.39, 0.29) is 6.42 Å². The number of rotatable bonds is 3. The van der Waals surface area contributed by atoms with Crippen LogP contribution in [-0.2, 0) is 11.2 Å². The van der Waals surface area contributed by atoms with Gasteiger partial charge < -0.3 is 9.52 Å². The molecular formula is C14H14O4. The molecule has 0 atom stereocenters. The minimum atomic E-state index is -0.963. The third-order valence-corrected chi connectivity index (χ3v) is 2.86. The molecule has 1 heterocycles. The minimum absolute atomic E-state index is 0.177.